The van der Waals surface area contributed by atoms with E-state index in [1.54, 1.807) is 43.9 Å². The molecule has 0 aliphatic carbocycles. The van der Waals surface area contributed by atoms with Crippen LogP contribution >= 0.6 is 0 Å². The number of ether oxygens (including phenoxy) is 1. The Kier molecular flexibility index (Phi) is 6.07. The van der Waals surface area contributed by atoms with Gasteiger partial charge in [-0.05, 0) is 36.4 Å². The van der Waals surface area contributed by atoms with E-state index in [0.717, 1.165) is 11.3 Å². The first-order valence-corrected chi connectivity index (χ1v) is 11.2. The standard InChI is InChI=1S/C25H25FN6O2/c1-34-23-7-6-18(24(33)30-10-12-31(13-11-30)25-28-8-3-9-29-25)14-19(23)16-32-17-27-15-20-21(26)4-2-5-22(20)32/h2-9,14-15H,10-13,16-17H2,1H3. The van der Waals surface area contributed by atoms with Crippen LogP contribution in [-0.2, 0) is 6.54 Å². The highest BCUT2D eigenvalue weighted by Gasteiger charge is 2.25. The third-order valence-corrected chi connectivity index (χ3v) is 6.13. The second-order valence-electron chi connectivity index (χ2n) is 8.18. The van der Waals surface area contributed by atoms with E-state index < -0.39 is 0 Å². The summed E-state index contributed by atoms with van der Waals surface area (Å²) in [4.78, 5) is 32.1. The summed E-state index contributed by atoms with van der Waals surface area (Å²) in [5.74, 6) is 1.03. The predicted molar refractivity (Wildman–Crippen MR) is 128 cm³/mol. The molecule has 5 rings (SSSR count). The zero-order valence-corrected chi connectivity index (χ0v) is 18.9. The molecule has 0 saturated carbocycles. The number of anilines is 2. The molecule has 0 radical (unpaired) electrons. The fourth-order valence-corrected chi connectivity index (χ4v) is 4.36. The monoisotopic (exact) mass is 460 g/mol. The number of carbonyl (C=O) groups is 1. The van der Waals surface area contributed by atoms with Gasteiger partial charge in [0, 0.05) is 62.5 Å². The minimum Gasteiger partial charge on any atom is -0.496 e. The second-order valence-corrected chi connectivity index (χ2v) is 8.18. The summed E-state index contributed by atoms with van der Waals surface area (Å²) in [6.07, 6.45) is 5.01. The third kappa shape index (κ3) is 4.28. The molecular weight excluding hydrogens is 435 g/mol. The van der Waals surface area contributed by atoms with E-state index in [1.165, 1.54) is 6.07 Å². The van der Waals surface area contributed by atoms with Gasteiger partial charge in [0.05, 0.1) is 18.4 Å². The van der Waals surface area contributed by atoms with E-state index in [0.29, 0.717) is 62.2 Å². The van der Waals surface area contributed by atoms with E-state index in [2.05, 4.69) is 19.9 Å². The van der Waals surface area contributed by atoms with Gasteiger partial charge >= 0.3 is 0 Å². The zero-order chi connectivity index (χ0) is 23.5. The molecule has 174 valence electrons. The Hall–Kier alpha value is -4.01. The van der Waals surface area contributed by atoms with Gasteiger partial charge in [-0.25, -0.2) is 14.4 Å². The van der Waals surface area contributed by atoms with Gasteiger partial charge in [0.15, 0.2) is 0 Å². The number of aliphatic imine (C=N–C) groups is 1. The quantitative estimate of drug-likeness (QED) is 0.583. The Balaban J connectivity index is 1.32. The minimum atomic E-state index is -0.304. The molecule has 0 N–H and O–H groups in total. The molecule has 34 heavy (non-hydrogen) atoms. The maximum absolute atomic E-state index is 14.2. The van der Waals surface area contributed by atoms with Gasteiger partial charge in [-0.15, -0.1) is 0 Å². The fourth-order valence-electron chi connectivity index (χ4n) is 4.36. The van der Waals surface area contributed by atoms with Crippen LogP contribution in [0.25, 0.3) is 0 Å². The maximum atomic E-state index is 14.2. The van der Waals surface area contributed by atoms with Crippen LogP contribution in [0.15, 0.2) is 59.9 Å². The van der Waals surface area contributed by atoms with Crippen molar-refractivity contribution in [3.63, 3.8) is 0 Å². The molecule has 9 heteroatoms. The third-order valence-electron chi connectivity index (χ3n) is 6.13. The van der Waals surface area contributed by atoms with E-state index in [1.807, 2.05) is 28.0 Å². The van der Waals surface area contributed by atoms with E-state index in [-0.39, 0.29) is 11.7 Å². The van der Waals surface area contributed by atoms with Crippen LogP contribution in [0.2, 0.25) is 0 Å². The van der Waals surface area contributed by atoms with E-state index in [9.17, 15) is 9.18 Å². The normalized spacial score (nSPS) is 15.3. The van der Waals surface area contributed by atoms with Gasteiger partial charge in [-0.3, -0.25) is 9.79 Å². The summed E-state index contributed by atoms with van der Waals surface area (Å²) in [5, 5.41) is 0. The molecule has 1 fully saturated rings. The number of nitrogens with zero attached hydrogens (tertiary/aromatic N) is 6. The first-order chi connectivity index (χ1) is 16.6. The van der Waals surface area contributed by atoms with Gasteiger partial charge in [-0.2, -0.15) is 0 Å². The van der Waals surface area contributed by atoms with Crippen molar-refractivity contribution in [1.29, 1.82) is 0 Å². The number of carbonyl (C=O) groups excluding carboxylic acids is 1. The summed E-state index contributed by atoms with van der Waals surface area (Å²) in [5.41, 5.74) is 2.69. The molecule has 3 heterocycles. The first-order valence-electron chi connectivity index (χ1n) is 11.2. The average Bonchev–Trinajstić information content (AvgIpc) is 2.89. The fraction of sp³-hybridized carbons (Fsp3) is 0.280. The van der Waals surface area contributed by atoms with Gasteiger partial charge in [0.2, 0.25) is 5.95 Å². The Morgan fingerprint density at radius 1 is 1.06 bits per heavy atom. The average molecular weight is 461 g/mol. The smallest absolute Gasteiger partial charge is 0.253 e. The molecule has 1 saturated heterocycles. The lowest BCUT2D eigenvalue weighted by atomic mass is 10.1. The lowest BCUT2D eigenvalue weighted by Gasteiger charge is -2.34. The summed E-state index contributed by atoms with van der Waals surface area (Å²) in [6, 6.07) is 12.3. The van der Waals surface area contributed by atoms with E-state index in [4.69, 9.17) is 4.74 Å². The highest BCUT2D eigenvalue weighted by atomic mass is 19.1. The Morgan fingerprint density at radius 3 is 2.62 bits per heavy atom. The number of hydrogen-bond donors (Lipinski definition) is 0. The zero-order valence-electron chi connectivity index (χ0n) is 18.9. The molecule has 3 aromatic rings. The molecule has 0 unspecified atom stereocenters. The number of hydrogen-bond acceptors (Lipinski definition) is 7. The number of aromatic nitrogens is 2. The van der Waals surface area contributed by atoms with Gasteiger partial charge in [0.25, 0.3) is 5.91 Å². The topological polar surface area (TPSA) is 74.2 Å². The Bertz CT molecular complexity index is 1210. The van der Waals surface area contributed by atoms with Crippen LogP contribution in [0.5, 0.6) is 5.75 Å². The molecule has 2 aliphatic rings. The minimum absolute atomic E-state index is 0.0272. The van der Waals surface area contributed by atoms with Crippen molar-refractivity contribution >= 4 is 23.8 Å². The van der Waals surface area contributed by atoms with Gasteiger partial charge in [0.1, 0.15) is 18.2 Å². The number of halogens is 1. The van der Waals surface area contributed by atoms with Crippen LogP contribution in [0.4, 0.5) is 16.0 Å². The summed E-state index contributed by atoms with van der Waals surface area (Å²) >= 11 is 0. The molecule has 2 aromatic carbocycles. The van der Waals surface area contributed by atoms with Crippen molar-refractivity contribution in [3.05, 3.63) is 77.4 Å². The lowest BCUT2D eigenvalue weighted by Crippen LogP contribution is -2.49. The highest BCUT2D eigenvalue weighted by molar-refractivity contribution is 5.95. The summed E-state index contributed by atoms with van der Waals surface area (Å²) in [6.45, 7) is 3.37. The number of fused-ring (bicyclic) bond motifs is 1. The van der Waals surface area contributed by atoms with Gasteiger partial charge < -0.3 is 19.4 Å². The molecular formula is C25H25FN6O2. The van der Waals surface area contributed by atoms with Crippen molar-refractivity contribution < 1.29 is 13.9 Å². The number of rotatable bonds is 5. The largest absolute Gasteiger partial charge is 0.496 e. The summed E-state index contributed by atoms with van der Waals surface area (Å²) < 4.78 is 19.8. The first kappa shape index (κ1) is 21.8. The van der Waals surface area contributed by atoms with Crippen molar-refractivity contribution in [2.75, 3.05) is 49.8 Å². The Labute approximate surface area is 197 Å². The SMILES string of the molecule is COc1ccc(C(=O)N2CCN(c3ncccn3)CC2)cc1CN1CN=Cc2c(F)cccc21. The molecule has 0 atom stereocenters. The number of amides is 1. The molecule has 1 aromatic heterocycles. The van der Waals surface area contributed by atoms with Crippen molar-refractivity contribution in [2.45, 2.75) is 6.54 Å². The second kappa shape index (κ2) is 9.46. The highest BCUT2D eigenvalue weighted by Crippen LogP contribution is 2.29. The predicted octanol–water partition coefficient (Wildman–Crippen LogP) is 2.98. The van der Waals surface area contributed by atoms with Crippen molar-refractivity contribution in [1.82, 2.24) is 14.9 Å². The van der Waals surface area contributed by atoms with Crippen LogP contribution in [0.1, 0.15) is 21.5 Å². The van der Waals surface area contributed by atoms with Gasteiger partial charge in [-0.1, -0.05) is 6.07 Å². The molecule has 0 spiro atoms. The number of methoxy groups -OCH3 is 1. The maximum Gasteiger partial charge on any atom is 0.253 e. The van der Waals surface area contributed by atoms with Crippen LogP contribution in [0, 0.1) is 5.82 Å². The number of piperazine rings is 1. The van der Waals surface area contributed by atoms with Crippen LogP contribution in [0.3, 0.4) is 0 Å². The summed E-state index contributed by atoms with van der Waals surface area (Å²) in [7, 11) is 1.60. The van der Waals surface area contributed by atoms with Crippen molar-refractivity contribution in [2.24, 2.45) is 4.99 Å². The van der Waals surface area contributed by atoms with Crippen LogP contribution < -0.4 is 14.5 Å². The molecule has 8 nitrogen and oxygen atoms in total. The Morgan fingerprint density at radius 2 is 1.85 bits per heavy atom. The molecule has 0 bridgehead atoms. The number of benzene rings is 2. The van der Waals surface area contributed by atoms with Crippen molar-refractivity contribution in [3.8, 4) is 5.75 Å². The molecule has 1 amide bonds. The van der Waals surface area contributed by atoms with Crippen LogP contribution in [-0.4, -0.2) is 66.9 Å². The lowest BCUT2D eigenvalue weighted by molar-refractivity contribution is 0.0746. The molecule has 2 aliphatic heterocycles. The van der Waals surface area contributed by atoms with E-state index >= 15 is 0 Å².